The van der Waals surface area contributed by atoms with Crippen LogP contribution in [0.3, 0.4) is 0 Å². The van der Waals surface area contributed by atoms with Crippen molar-refractivity contribution < 1.29 is 5.11 Å². The van der Waals surface area contributed by atoms with Crippen molar-refractivity contribution in [3.8, 4) is 0 Å². The summed E-state index contributed by atoms with van der Waals surface area (Å²) < 4.78 is 0. The third-order valence-corrected chi connectivity index (χ3v) is 4.31. The molecule has 1 N–H and O–H groups in total. The molecule has 2 nitrogen and oxygen atoms in total. The van der Waals surface area contributed by atoms with E-state index < -0.39 is 5.60 Å². The highest BCUT2D eigenvalue weighted by molar-refractivity contribution is 7.09. The van der Waals surface area contributed by atoms with E-state index in [1.165, 1.54) is 6.42 Å². The summed E-state index contributed by atoms with van der Waals surface area (Å²) in [5.41, 5.74) is -0.661. The van der Waals surface area contributed by atoms with E-state index in [0.717, 1.165) is 17.8 Å². The van der Waals surface area contributed by atoms with Crippen molar-refractivity contribution in [3.63, 3.8) is 0 Å². The fourth-order valence-corrected chi connectivity index (χ4v) is 3.20. The molecular weight excluding hydrogens is 194 g/mol. The molecule has 1 aliphatic carbocycles. The van der Waals surface area contributed by atoms with Gasteiger partial charge in [0.05, 0.1) is 0 Å². The van der Waals surface area contributed by atoms with E-state index in [4.69, 9.17) is 0 Å². The largest absolute Gasteiger partial charge is 0.382 e. The molecule has 1 aliphatic rings. The zero-order valence-electron chi connectivity index (χ0n) is 8.73. The minimum atomic E-state index is -0.661. The molecule has 0 saturated heterocycles. The molecule has 3 atom stereocenters. The Hall–Kier alpha value is -0.410. The predicted molar refractivity (Wildman–Crippen MR) is 58.2 cm³/mol. The van der Waals surface area contributed by atoms with Crippen molar-refractivity contribution in [2.45, 2.75) is 38.7 Å². The number of hydrogen-bond acceptors (Lipinski definition) is 3. The molecule has 1 heterocycles. The maximum absolute atomic E-state index is 10.6. The van der Waals surface area contributed by atoms with Crippen LogP contribution in [0.2, 0.25) is 0 Å². The first-order valence-corrected chi connectivity index (χ1v) is 6.13. The van der Waals surface area contributed by atoms with E-state index in [1.54, 1.807) is 17.5 Å². The van der Waals surface area contributed by atoms with Crippen LogP contribution in [-0.4, -0.2) is 10.1 Å². The third-order valence-electron chi connectivity index (χ3n) is 3.37. The van der Waals surface area contributed by atoms with Gasteiger partial charge in [-0.05, 0) is 24.7 Å². The summed E-state index contributed by atoms with van der Waals surface area (Å²) >= 11 is 1.57. The van der Waals surface area contributed by atoms with E-state index >= 15 is 0 Å². The fourth-order valence-electron chi connectivity index (χ4n) is 2.34. The Morgan fingerprint density at radius 2 is 2.29 bits per heavy atom. The zero-order valence-corrected chi connectivity index (χ0v) is 9.55. The molecule has 1 fully saturated rings. The van der Waals surface area contributed by atoms with Crippen LogP contribution in [0.15, 0.2) is 11.6 Å². The van der Waals surface area contributed by atoms with Gasteiger partial charge in [0.25, 0.3) is 0 Å². The second-order valence-corrected chi connectivity index (χ2v) is 5.44. The van der Waals surface area contributed by atoms with Crippen molar-refractivity contribution >= 4 is 11.3 Å². The van der Waals surface area contributed by atoms with Crippen molar-refractivity contribution in [1.82, 2.24) is 4.98 Å². The summed E-state index contributed by atoms with van der Waals surface area (Å²) in [5, 5.41) is 13.5. The van der Waals surface area contributed by atoms with E-state index in [-0.39, 0.29) is 0 Å². The van der Waals surface area contributed by atoms with E-state index in [1.807, 2.05) is 5.38 Å². The SMILES string of the molecule is CC1CCC(C)C(O)(c2nccs2)C1. The first-order chi connectivity index (χ1) is 6.63. The summed E-state index contributed by atoms with van der Waals surface area (Å²) in [6, 6.07) is 0. The van der Waals surface area contributed by atoms with Gasteiger partial charge < -0.3 is 5.11 Å². The van der Waals surface area contributed by atoms with Crippen molar-refractivity contribution in [2.75, 3.05) is 0 Å². The molecule has 1 aromatic rings. The maximum atomic E-state index is 10.6. The van der Waals surface area contributed by atoms with Crippen molar-refractivity contribution in [3.05, 3.63) is 16.6 Å². The molecule has 14 heavy (non-hydrogen) atoms. The molecule has 3 heteroatoms. The Morgan fingerprint density at radius 3 is 2.93 bits per heavy atom. The number of aromatic nitrogens is 1. The van der Waals surface area contributed by atoms with Crippen LogP contribution in [0.1, 0.15) is 38.1 Å². The molecule has 3 unspecified atom stereocenters. The lowest BCUT2D eigenvalue weighted by molar-refractivity contribution is -0.0628. The standard InChI is InChI=1S/C11H17NOS/c1-8-3-4-9(2)11(13,7-8)10-12-5-6-14-10/h5-6,8-9,13H,3-4,7H2,1-2H3. The van der Waals surface area contributed by atoms with E-state index in [2.05, 4.69) is 18.8 Å². The minimum absolute atomic E-state index is 0.338. The second-order valence-electron chi connectivity index (χ2n) is 4.55. The molecule has 1 saturated carbocycles. The Balaban J connectivity index is 2.28. The van der Waals surface area contributed by atoms with Crippen LogP contribution in [0, 0.1) is 11.8 Å². The van der Waals surface area contributed by atoms with Gasteiger partial charge >= 0.3 is 0 Å². The zero-order chi connectivity index (χ0) is 10.2. The van der Waals surface area contributed by atoms with Crippen molar-refractivity contribution in [1.29, 1.82) is 0 Å². The van der Waals surface area contributed by atoms with Gasteiger partial charge in [0.2, 0.25) is 0 Å². The van der Waals surface area contributed by atoms with Crippen LogP contribution < -0.4 is 0 Å². The van der Waals surface area contributed by atoms with Crippen LogP contribution in [0.25, 0.3) is 0 Å². The summed E-state index contributed by atoms with van der Waals surface area (Å²) in [6.07, 6.45) is 4.98. The van der Waals surface area contributed by atoms with Crippen LogP contribution in [-0.2, 0) is 5.60 Å². The van der Waals surface area contributed by atoms with Crippen LogP contribution >= 0.6 is 11.3 Å². The van der Waals surface area contributed by atoms with Crippen LogP contribution in [0.5, 0.6) is 0 Å². The highest BCUT2D eigenvalue weighted by atomic mass is 32.1. The highest BCUT2D eigenvalue weighted by Gasteiger charge is 2.42. The van der Waals surface area contributed by atoms with Gasteiger partial charge in [-0.2, -0.15) is 0 Å². The lowest BCUT2D eigenvalue weighted by atomic mass is 9.72. The fraction of sp³-hybridized carbons (Fsp3) is 0.727. The quantitative estimate of drug-likeness (QED) is 0.775. The van der Waals surface area contributed by atoms with Crippen LogP contribution in [0.4, 0.5) is 0 Å². The number of nitrogens with zero attached hydrogens (tertiary/aromatic N) is 1. The Morgan fingerprint density at radius 1 is 1.50 bits per heavy atom. The summed E-state index contributed by atoms with van der Waals surface area (Å²) in [7, 11) is 0. The van der Waals surface area contributed by atoms with Gasteiger partial charge in [-0.15, -0.1) is 11.3 Å². The molecule has 0 radical (unpaired) electrons. The lowest BCUT2D eigenvalue weighted by Gasteiger charge is -2.39. The Kier molecular flexibility index (Phi) is 2.62. The number of hydrogen-bond donors (Lipinski definition) is 1. The number of aliphatic hydroxyl groups is 1. The molecular formula is C11H17NOS. The predicted octanol–water partition coefficient (Wildman–Crippen LogP) is 2.79. The van der Waals surface area contributed by atoms with E-state index in [9.17, 15) is 5.11 Å². The van der Waals surface area contributed by atoms with Crippen molar-refractivity contribution in [2.24, 2.45) is 11.8 Å². The molecule has 1 aromatic heterocycles. The average Bonchev–Trinajstić information content (AvgIpc) is 2.65. The maximum Gasteiger partial charge on any atom is 0.125 e. The van der Waals surface area contributed by atoms with Gasteiger partial charge in [-0.3, -0.25) is 0 Å². The molecule has 0 bridgehead atoms. The second kappa shape index (κ2) is 3.63. The first kappa shape index (κ1) is 10.1. The topological polar surface area (TPSA) is 33.1 Å². The van der Waals surface area contributed by atoms with Gasteiger partial charge in [0.15, 0.2) is 0 Å². The van der Waals surface area contributed by atoms with Gasteiger partial charge in [0, 0.05) is 11.6 Å². The normalized spacial score (nSPS) is 38.5. The Bertz CT molecular complexity index is 298. The average molecular weight is 211 g/mol. The highest BCUT2D eigenvalue weighted by Crippen LogP contribution is 2.44. The van der Waals surface area contributed by atoms with E-state index in [0.29, 0.717) is 11.8 Å². The number of rotatable bonds is 1. The van der Waals surface area contributed by atoms with Gasteiger partial charge in [-0.25, -0.2) is 4.98 Å². The number of thiazole rings is 1. The molecule has 0 amide bonds. The summed E-state index contributed by atoms with van der Waals surface area (Å²) in [4.78, 5) is 4.27. The molecule has 78 valence electrons. The monoisotopic (exact) mass is 211 g/mol. The molecule has 0 aromatic carbocycles. The molecule has 0 spiro atoms. The summed E-state index contributed by atoms with van der Waals surface area (Å²) in [5.74, 6) is 0.949. The van der Waals surface area contributed by atoms with Gasteiger partial charge in [-0.1, -0.05) is 20.3 Å². The molecule has 0 aliphatic heterocycles. The minimum Gasteiger partial charge on any atom is -0.382 e. The lowest BCUT2D eigenvalue weighted by Crippen LogP contribution is -2.38. The summed E-state index contributed by atoms with van der Waals surface area (Å²) in [6.45, 7) is 4.34. The van der Waals surface area contributed by atoms with Gasteiger partial charge in [0.1, 0.15) is 10.6 Å². The smallest absolute Gasteiger partial charge is 0.125 e. The third kappa shape index (κ3) is 1.59. The Labute approximate surface area is 89.0 Å². The molecule has 2 rings (SSSR count). The first-order valence-electron chi connectivity index (χ1n) is 5.25.